The van der Waals surface area contributed by atoms with Crippen molar-refractivity contribution in [3.05, 3.63) is 23.8 Å². The number of rotatable bonds is 1. The molecular weight excluding hydrogens is 218 g/mol. The molecule has 17 heavy (non-hydrogen) atoms. The normalized spacial score (nSPS) is 26.5. The number of carbonyl (C=O) groups excluding carboxylic acids is 1. The van der Waals surface area contributed by atoms with Crippen LogP contribution in [0.5, 0.6) is 11.5 Å². The molecule has 1 aromatic carbocycles. The third-order valence-electron chi connectivity index (χ3n) is 3.88. The molecule has 2 fully saturated rings. The Morgan fingerprint density at radius 1 is 1.29 bits per heavy atom. The van der Waals surface area contributed by atoms with E-state index in [0.717, 1.165) is 19.4 Å². The molecular formula is C13H15NO3. The third kappa shape index (κ3) is 1.64. The van der Waals surface area contributed by atoms with Gasteiger partial charge < -0.3 is 15.1 Å². The molecule has 0 spiro atoms. The Labute approximate surface area is 99.5 Å². The molecule has 2 aliphatic rings. The summed E-state index contributed by atoms with van der Waals surface area (Å²) < 4.78 is 0. The molecule has 1 aliphatic carbocycles. The number of hydrogen-bond acceptors (Lipinski definition) is 3. The minimum Gasteiger partial charge on any atom is -0.508 e. The van der Waals surface area contributed by atoms with Crippen molar-refractivity contribution in [3.63, 3.8) is 0 Å². The van der Waals surface area contributed by atoms with Gasteiger partial charge in [-0.05, 0) is 43.4 Å². The molecule has 1 saturated carbocycles. The van der Waals surface area contributed by atoms with Crippen LogP contribution in [-0.2, 0) is 0 Å². The van der Waals surface area contributed by atoms with E-state index >= 15 is 0 Å². The molecule has 2 bridgehead atoms. The second-order valence-electron chi connectivity index (χ2n) is 4.99. The first-order valence-electron chi connectivity index (χ1n) is 5.98. The van der Waals surface area contributed by atoms with Crippen molar-refractivity contribution in [1.29, 1.82) is 0 Å². The average Bonchev–Trinajstić information content (AvgIpc) is 2.93. The van der Waals surface area contributed by atoms with E-state index in [1.807, 2.05) is 4.90 Å². The smallest absolute Gasteiger partial charge is 0.258 e. The van der Waals surface area contributed by atoms with Crippen LogP contribution in [0.15, 0.2) is 18.2 Å². The Hall–Kier alpha value is -1.71. The summed E-state index contributed by atoms with van der Waals surface area (Å²) >= 11 is 0. The minimum absolute atomic E-state index is 0.00973. The van der Waals surface area contributed by atoms with Gasteiger partial charge in [-0.25, -0.2) is 0 Å². The van der Waals surface area contributed by atoms with Gasteiger partial charge in [0, 0.05) is 12.6 Å². The highest BCUT2D eigenvalue weighted by Gasteiger charge is 2.40. The van der Waals surface area contributed by atoms with Crippen molar-refractivity contribution in [2.75, 3.05) is 6.54 Å². The summed E-state index contributed by atoms with van der Waals surface area (Å²) in [4.78, 5) is 14.1. The molecule has 90 valence electrons. The first-order valence-corrected chi connectivity index (χ1v) is 5.98. The molecule has 0 aromatic heterocycles. The zero-order valence-electron chi connectivity index (χ0n) is 9.47. The molecule has 1 aromatic rings. The Balaban J connectivity index is 1.89. The number of carbonyl (C=O) groups is 1. The van der Waals surface area contributed by atoms with E-state index in [9.17, 15) is 15.0 Å². The van der Waals surface area contributed by atoms with Crippen LogP contribution < -0.4 is 0 Å². The van der Waals surface area contributed by atoms with E-state index in [1.165, 1.54) is 24.6 Å². The summed E-state index contributed by atoms with van der Waals surface area (Å²) in [6, 6.07) is 4.40. The number of nitrogens with zero attached hydrogens (tertiary/aromatic N) is 1. The number of benzene rings is 1. The monoisotopic (exact) mass is 233 g/mol. The summed E-state index contributed by atoms with van der Waals surface area (Å²) in [6.45, 7) is 0.790. The van der Waals surface area contributed by atoms with Crippen molar-refractivity contribution in [2.24, 2.45) is 5.92 Å². The predicted octanol–water partition coefficient (Wildman–Crippen LogP) is 1.72. The average molecular weight is 233 g/mol. The number of aromatic hydroxyl groups is 2. The fourth-order valence-corrected chi connectivity index (χ4v) is 3.02. The Morgan fingerprint density at radius 3 is 2.76 bits per heavy atom. The lowest BCUT2D eigenvalue weighted by atomic mass is 10.1. The number of amides is 1. The number of piperidine rings is 1. The molecule has 2 atom stereocenters. The highest BCUT2D eigenvalue weighted by Crippen LogP contribution is 2.39. The van der Waals surface area contributed by atoms with Crippen LogP contribution in [0.1, 0.15) is 29.6 Å². The standard InChI is InChI=1S/C13H15NO3/c15-10-3-4-12(16)11(6-10)13(17)14-7-8-1-2-9(14)5-8/h3-4,6,8-9,15-16H,1-2,5,7H2. The quantitative estimate of drug-likeness (QED) is 0.726. The fourth-order valence-electron chi connectivity index (χ4n) is 3.02. The van der Waals surface area contributed by atoms with Crippen LogP contribution in [0.3, 0.4) is 0 Å². The van der Waals surface area contributed by atoms with E-state index in [1.54, 1.807) is 0 Å². The minimum atomic E-state index is -0.161. The molecule has 2 unspecified atom stereocenters. The second-order valence-corrected chi connectivity index (χ2v) is 4.99. The van der Waals surface area contributed by atoms with E-state index < -0.39 is 0 Å². The van der Waals surface area contributed by atoms with Gasteiger partial charge in [0.25, 0.3) is 5.91 Å². The largest absolute Gasteiger partial charge is 0.508 e. The van der Waals surface area contributed by atoms with Gasteiger partial charge in [0.15, 0.2) is 0 Å². The van der Waals surface area contributed by atoms with Crippen LogP contribution >= 0.6 is 0 Å². The highest BCUT2D eigenvalue weighted by atomic mass is 16.3. The maximum absolute atomic E-state index is 12.3. The lowest BCUT2D eigenvalue weighted by molar-refractivity contribution is 0.0700. The van der Waals surface area contributed by atoms with Gasteiger partial charge in [-0.3, -0.25) is 4.79 Å². The third-order valence-corrected chi connectivity index (χ3v) is 3.88. The zero-order chi connectivity index (χ0) is 12.0. The Morgan fingerprint density at radius 2 is 2.12 bits per heavy atom. The van der Waals surface area contributed by atoms with Gasteiger partial charge in [-0.15, -0.1) is 0 Å². The van der Waals surface area contributed by atoms with Crippen LogP contribution in [-0.4, -0.2) is 33.6 Å². The SMILES string of the molecule is O=C(c1cc(O)ccc1O)N1CC2CCC1C2. The highest BCUT2D eigenvalue weighted by molar-refractivity contribution is 5.97. The molecule has 0 radical (unpaired) electrons. The number of hydrogen-bond donors (Lipinski definition) is 2. The van der Waals surface area contributed by atoms with Crippen LogP contribution in [0.4, 0.5) is 0 Å². The number of likely N-dealkylation sites (tertiary alicyclic amines) is 1. The summed E-state index contributed by atoms with van der Waals surface area (Å²) in [5.41, 5.74) is 0.206. The molecule has 3 rings (SSSR count). The number of phenolic OH excluding ortho intramolecular Hbond substituents is 2. The molecule has 1 aliphatic heterocycles. The van der Waals surface area contributed by atoms with Crippen LogP contribution in [0, 0.1) is 5.92 Å². The van der Waals surface area contributed by atoms with Crippen molar-refractivity contribution in [3.8, 4) is 11.5 Å². The van der Waals surface area contributed by atoms with Crippen LogP contribution in [0.25, 0.3) is 0 Å². The van der Waals surface area contributed by atoms with Crippen molar-refractivity contribution < 1.29 is 15.0 Å². The fraction of sp³-hybridized carbons (Fsp3) is 0.462. The Bertz CT molecular complexity index is 472. The van der Waals surface area contributed by atoms with Gasteiger partial charge in [0.2, 0.25) is 0 Å². The molecule has 4 heteroatoms. The molecule has 4 nitrogen and oxygen atoms in total. The summed E-state index contributed by atoms with van der Waals surface area (Å²) in [6.07, 6.45) is 3.36. The molecule has 2 N–H and O–H groups in total. The van der Waals surface area contributed by atoms with Gasteiger partial charge in [0.05, 0.1) is 5.56 Å². The van der Waals surface area contributed by atoms with E-state index in [4.69, 9.17) is 0 Å². The van der Waals surface area contributed by atoms with Gasteiger partial charge in [0.1, 0.15) is 11.5 Å². The molecule has 1 saturated heterocycles. The number of fused-ring (bicyclic) bond motifs is 2. The van der Waals surface area contributed by atoms with Crippen molar-refractivity contribution in [2.45, 2.75) is 25.3 Å². The summed E-state index contributed by atoms with van der Waals surface area (Å²) in [5, 5.41) is 19.1. The summed E-state index contributed by atoms with van der Waals surface area (Å²) in [5.74, 6) is 0.417. The lowest BCUT2D eigenvalue weighted by Crippen LogP contribution is -2.37. The van der Waals surface area contributed by atoms with E-state index in [2.05, 4.69) is 0 Å². The Kier molecular flexibility index (Phi) is 2.24. The van der Waals surface area contributed by atoms with Crippen LogP contribution in [0.2, 0.25) is 0 Å². The maximum Gasteiger partial charge on any atom is 0.258 e. The second kappa shape index (κ2) is 3.65. The van der Waals surface area contributed by atoms with Crippen molar-refractivity contribution in [1.82, 2.24) is 4.90 Å². The lowest BCUT2D eigenvalue weighted by Gasteiger charge is -2.27. The zero-order valence-corrected chi connectivity index (χ0v) is 9.47. The predicted molar refractivity (Wildman–Crippen MR) is 61.9 cm³/mol. The molecule has 1 heterocycles. The van der Waals surface area contributed by atoms with Gasteiger partial charge >= 0.3 is 0 Å². The first-order chi connectivity index (χ1) is 8.15. The van der Waals surface area contributed by atoms with E-state index in [-0.39, 0.29) is 23.0 Å². The van der Waals surface area contributed by atoms with Crippen molar-refractivity contribution >= 4 is 5.91 Å². The number of phenols is 2. The van der Waals surface area contributed by atoms with E-state index in [0.29, 0.717) is 12.0 Å². The first kappa shape index (κ1) is 10.4. The van der Waals surface area contributed by atoms with Gasteiger partial charge in [-0.2, -0.15) is 0 Å². The maximum atomic E-state index is 12.3. The molecule has 1 amide bonds. The summed E-state index contributed by atoms with van der Waals surface area (Å²) in [7, 11) is 0. The van der Waals surface area contributed by atoms with Gasteiger partial charge in [-0.1, -0.05) is 0 Å². The topological polar surface area (TPSA) is 60.8 Å².